The van der Waals surface area contributed by atoms with Gasteiger partial charge in [0.1, 0.15) is 11.5 Å². The SMILES string of the molecule is CCCc1ccc(CN2CCC3(O)CCN(C(=O)N4CCCC4)CC3C2)o1. The summed E-state index contributed by atoms with van der Waals surface area (Å²) in [5.74, 6) is 2.18. The number of carbonyl (C=O) groups excluding carboxylic acids is 1. The molecule has 27 heavy (non-hydrogen) atoms. The van der Waals surface area contributed by atoms with Crippen molar-refractivity contribution < 1.29 is 14.3 Å². The Bertz CT molecular complexity index is 655. The van der Waals surface area contributed by atoms with Crippen LogP contribution in [0.4, 0.5) is 4.79 Å². The molecule has 2 atom stereocenters. The van der Waals surface area contributed by atoms with Gasteiger partial charge in [-0.25, -0.2) is 4.79 Å². The van der Waals surface area contributed by atoms with Crippen molar-refractivity contribution in [2.24, 2.45) is 5.92 Å². The predicted molar refractivity (Wildman–Crippen MR) is 103 cm³/mol. The molecule has 1 N–H and O–H groups in total. The van der Waals surface area contributed by atoms with E-state index in [1.807, 2.05) is 9.80 Å². The highest BCUT2D eigenvalue weighted by atomic mass is 16.3. The number of likely N-dealkylation sites (tertiary alicyclic amines) is 3. The summed E-state index contributed by atoms with van der Waals surface area (Å²) < 4.78 is 5.94. The average Bonchev–Trinajstić information content (AvgIpc) is 3.34. The fourth-order valence-electron chi connectivity index (χ4n) is 4.91. The molecule has 0 aromatic carbocycles. The summed E-state index contributed by atoms with van der Waals surface area (Å²) in [6.07, 6.45) is 5.79. The van der Waals surface area contributed by atoms with Gasteiger partial charge in [-0.15, -0.1) is 0 Å². The molecule has 0 spiro atoms. The normalized spacial score (nSPS) is 29.2. The monoisotopic (exact) mass is 375 g/mol. The molecule has 0 saturated carbocycles. The van der Waals surface area contributed by atoms with Gasteiger partial charge in [0.2, 0.25) is 0 Å². The maximum absolute atomic E-state index is 12.8. The lowest BCUT2D eigenvalue weighted by Gasteiger charge is -2.50. The molecule has 1 aromatic heterocycles. The molecule has 6 heteroatoms. The summed E-state index contributed by atoms with van der Waals surface area (Å²) in [7, 11) is 0. The number of hydrogen-bond acceptors (Lipinski definition) is 4. The zero-order valence-electron chi connectivity index (χ0n) is 16.5. The van der Waals surface area contributed by atoms with Crippen molar-refractivity contribution in [3.05, 3.63) is 23.7 Å². The van der Waals surface area contributed by atoms with Crippen LogP contribution >= 0.6 is 0 Å². The van der Waals surface area contributed by atoms with Gasteiger partial charge < -0.3 is 19.3 Å². The lowest BCUT2D eigenvalue weighted by Crippen LogP contribution is -2.61. The highest BCUT2D eigenvalue weighted by molar-refractivity contribution is 5.74. The van der Waals surface area contributed by atoms with Crippen LogP contribution in [0, 0.1) is 5.92 Å². The summed E-state index contributed by atoms with van der Waals surface area (Å²) in [4.78, 5) is 19.1. The van der Waals surface area contributed by atoms with Crippen molar-refractivity contribution >= 4 is 6.03 Å². The third-order valence-corrected chi connectivity index (χ3v) is 6.60. The molecule has 1 aromatic rings. The number of aryl methyl sites for hydroxylation is 1. The van der Waals surface area contributed by atoms with E-state index in [2.05, 4.69) is 24.0 Å². The number of piperidine rings is 2. The van der Waals surface area contributed by atoms with Crippen LogP contribution in [0.1, 0.15) is 50.5 Å². The van der Waals surface area contributed by atoms with E-state index in [1.54, 1.807) is 0 Å². The molecule has 0 aliphatic carbocycles. The maximum atomic E-state index is 12.8. The molecule has 2 unspecified atom stereocenters. The molecule has 3 saturated heterocycles. The standard InChI is InChI=1S/C21H33N3O3/c1-2-5-18-6-7-19(27-18)16-22-12-8-21(26)9-13-24(15-17(21)14-22)20(25)23-10-3-4-11-23/h6-7,17,26H,2-5,8-16H2,1H3. The minimum atomic E-state index is -0.616. The second-order valence-corrected chi connectivity index (χ2v) is 8.58. The Morgan fingerprint density at radius 3 is 2.63 bits per heavy atom. The molecular formula is C21H33N3O3. The number of aliphatic hydroxyl groups is 1. The summed E-state index contributed by atoms with van der Waals surface area (Å²) in [6.45, 7) is 7.77. The third kappa shape index (κ3) is 4.02. The van der Waals surface area contributed by atoms with Gasteiger partial charge in [-0.1, -0.05) is 6.92 Å². The van der Waals surface area contributed by atoms with Crippen molar-refractivity contribution in [2.45, 2.75) is 57.6 Å². The Labute approximate surface area is 162 Å². The molecule has 150 valence electrons. The van der Waals surface area contributed by atoms with Gasteiger partial charge in [0.15, 0.2) is 0 Å². The number of amides is 2. The van der Waals surface area contributed by atoms with Crippen LogP contribution in [0.25, 0.3) is 0 Å². The largest absolute Gasteiger partial charge is 0.465 e. The fraction of sp³-hybridized carbons (Fsp3) is 0.762. The van der Waals surface area contributed by atoms with Crippen LogP contribution in [0.2, 0.25) is 0 Å². The van der Waals surface area contributed by atoms with E-state index in [-0.39, 0.29) is 11.9 Å². The molecule has 3 aliphatic rings. The van der Waals surface area contributed by atoms with Gasteiger partial charge >= 0.3 is 6.03 Å². The van der Waals surface area contributed by atoms with Crippen LogP contribution in [0.5, 0.6) is 0 Å². The quantitative estimate of drug-likeness (QED) is 0.879. The molecule has 0 radical (unpaired) electrons. The molecule has 3 aliphatic heterocycles. The first-order valence-corrected chi connectivity index (χ1v) is 10.6. The van der Waals surface area contributed by atoms with Crippen LogP contribution < -0.4 is 0 Å². The molecule has 4 heterocycles. The first kappa shape index (κ1) is 18.8. The molecule has 2 amide bonds. The smallest absolute Gasteiger partial charge is 0.320 e. The van der Waals surface area contributed by atoms with E-state index >= 15 is 0 Å². The Morgan fingerprint density at radius 1 is 1.11 bits per heavy atom. The van der Waals surface area contributed by atoms with Crippen LogP contribution in [0.3, 0.4) is 0 Å². The zero-order valence-corrected chi connectivity index (χ0v) is 16.5. The molecule has 4 rings (SSSR count). The topological polar surface area (TPSA) is 60.2 Å². The maximum Gasteiger partial charge on any atom is 0.320 e. The summed E-state index contributed by atoms with van der Waals surface area (Å²) in [6, 6.07) is 4.33. The number of fused-ring (bicyclic) bond motifs is 1. The summed E-state index contributed by atoms with van der Waals surface area (Å²) in [5.41, 5.74) is -0.616. The molecule has 3 fully saturated rings. The van der Waals surface area contributed by atoms with E-state index in [0.717, 1.165) is 76.3 Å². The van der Waals surface area contributed by atoms with Crippen molar-refractivity contribution in [3.8, 4) is 0 Å². The first-order valence-electron chi connectivity index (χ1n) is 10.6. The van der Waals surface area contributed by atoms with E-state index in [0.29, 0.717) is 19.5 Å². The van der Waals surface area contributed by atoms with Crippen LogP contribution in [-0.2, 0) is 13.0 Å². The Hall–Kier alpha value is -1.53. The van der Waals surface area contributed by atoms with Gasteiger partial charge in [0.25, 0.3) is 0 Å². The van der Waals surface area contributed by atoms with Crippen molar-refractivity contribution in [1.82, 2.24) is 14.7 Å². The highest BCUT2D eigenvalue weighted by Crippen LogP contribution is 2.36. The van der Waals surface area contributed by atoms with Gasteiger partial charge in [-0.2, -0.15) is 0 Å². The fourth-order valence-corrected chi connectivity index (χ4v) is 4.91. The van der Waals surface area contributed by atoms with Gasteiger partial charge in [0, 0.05) is 51.6 Å². The Morgan fingerprint density at radius 2 is 1.85 bits per heavy atom. The Kier molecular flexibility index (Phi) is 5.46. The van der Waals surface area contributed by atoms with E-state index < -0.39 is 5.60 Å². The lowest BCUT2D eigenvalue weighted by molar-refractivity contribution is -0.109. The number of carbonyl (C=O) groups is 1. The second-order valence-electron chi connectivity index (χ2n) is 8.58. The van der Waals surface area contributed by atoms with E-state index in [4.69, 9.17) is 4.42 Å². The minimum Gasteiger partial charge on any atom is -0.465 e. The zero-order chi connectivity index (χ0) is 18.9. The summed E-state index contributed by atoms with van der Waals surface area (Å²) in [5, 5.41) is 11.1. The number of hydrogen-bond donors (Lipinski definition) is 1. The van der Waals surface area contributed by atoms with Crippen LogP contribution in [0.15, 0.2) is 16.5 Å². The van der Waals surface area contributed by atoms with Gasteiger partial charge in [-0.05, 0) is 44.2 Å². The summed E-state index contributed by atoms with van der Waals surface area (Å²) >= 11 is 0. The second kappa shape index (κ2) is 7.84. The van der Waals surface area contributed by atoms with E-state index in [1.165, 1.54) is 0 Å². The van der Waals surface area contributed by atoms with Crippen molar-refractivity contribution in [3.63, 3.8) is 0 Å². The highest BCUT2D eigenvalue weighted by Gasteiger charge is 2.46. The first-order chi connectivity index (χ1) is 13.1. The van der Waals surface area contributed by atoms with Gasteiger partial charge in [-0.3, -0.25) is 4.90 Å². The van der Waals surface area contributed by atoms with Crippen LogP contribution in [-0.4, -0.2) is 70.7 Å². The average molecular weight is 376 g/mol. The number of rotatable bonds is 4. The number of furan rings is 1. The van der Waals surface area contributed by atoms with Crippen molar-refractivity contribution in [2.75, 3.05) is 39.3 Å². The molecule has 6 nitrogen and oxygen atoms in total. The van der Waals surface area contributed by atoms with Gasteiger partial charge in [0.05, 0.1) is 12.1 Å². The van der Waals surface area contributed by atoms with Crippen molar-refractivity contribution in [1.29, 1.82) is 0 Å². The third-order valence-electron chi connectivity index (χ3n) is 6.60. The van der Waals surface area contributed by atoms with E-state index in [9.17, 15) is 9.90 Å². The molecular weight excluding hydrogens is 342 g/mol. The Balaban J connectivity index is 1.37. The predicted octanol–water partition coefficient (Wildman–Crippen LogP) is 2.71. The lowest BCUT2D eigenvalue weighted by atomic mass is 9.75. The molecule has 0 bridgehead atoms. The number of urea groups is 1. The minimum absolute atomic E-state index is 0.122. The number of nitrogens with zero attached hydrogens (tertiary/aromatic N) is 3.